The highest BCUT2D eigenvalue weighted by atomic mass is 79.9. The van der Waals surface area contributed by atoms with Crippen LogP contribution >= 0.6 is 15.9 Å². The van der Waals surface area contributed by atoms with Crippen molar-refractivity contribution in [3.05, 3.63) is 45.6 Å². The van der Waals surface area contributed by atoms with Crippen molar-refractivity contribution in [1.82, 2.24) is 0 Å². The summed E-state index contributed by atoms with van der Waals surface area (Å²) < 4.78 is 6.24. The SMILES string of the molecule is CCOC(=O)C1C(C)=NC2=C(C(=O)CCC2)[C@H]1c1ccc(Br)cc1. The lowest BCUT2D eigenvalue weighted by atomic mass is 9.72. The fraction of sp³-hybridized carbons (Fsp3) is 0.421. The van der Waals surface area contributed by atoms with Crippen molar-refractivity contribution in [2.24, 2.45) is 10.9 Å². The topological polar surface area (TPSA) is 55.7 Å². The van der Waals surface area contributed by atoms with E-state index in [1.54, 1.807) is 6.92 Å². The van der Waals surface area contributed by atoms with Crippen LogP contribution in [0.15, 0.2) is 45.0 Å². The van der Waals surface area contributed by atoms with Gasteiger partial charge in [-0.2, -0.15) is 0 Å². The summed E-state index contributed by atoms with van der Waals surface area (Å²) in [5.74, 6) is -1.05. The van der Waals surface area contributed by atoms with Gasteiger partial charge in [-0.25, -0.2) is 0 Å². The molecule has 0 saturated carbocycles. The van der Waals surface area contributed by atoms with Crippen LogP contribution in [0.3, 0.4) is 0 Å². The van der Waals surface area contributed by atoms with E-state index in [1.807, 2.05) is 31.2 Å². The second-order valence-electron chi connectivity index (χ2n) is 6.15. The van der Waals surface area contributed by atoms with E-state index in [9.17, 15) is 9.59 Å². The van der Waals surface area contributed by atoms with Gasteiger partial charge >= 0.3 is 5.97 Å². The van der Waals surface area contributed by atoms with Gasteiger partial charge in [-0.05, 0) is 44.4 Å². The van der Waals surface area contributed by atoms with Crippen LogP contribution in [-0.4, -0.2) is 24.1 Å². The molecule has 0 radical (unpaired) electrons. The first-order valence-electron chi connectivity index (χ1n) is 8.26. The number of hydrogen-bond acceptors (Lipinski definition) is 4. The summed E-state index contributed by atoms with van der Waals surface area (Å²) in [6, 6.07) is 7.80. The van der Waals surface area contributed by atoms with Crippen molar-refractivity contribution in [3.63, 3.8) is 0 Å². The van der Waals surface area contributed by atoms with Gasteiger partial charge in [-0.3, -0.25) is 14.6 Å². The Labute approximate surface area is 150 Å². The lowest BCUT2D eigenvalue weighted by Gasteiger charge is -2.34. The summed E-state index contributed by atoms with van der Waals surface area (Å²) >= 11 is 3.44. The largest absolute Gasteiger partial charge is 0.465 e. The quantitative estimate of drug-likeness (QED) is 0.728. The molecular formula is C19H20BrNO3. The highest BCUT2D eigenvalue weighted by molar-refractivity contribution is 9.10. The molecule has 1 heterocycles. The molecule has 1 aromatic rings. The molecule has 0 amide bonds. The Morgan fingerprint density at radius 1 is 1.29 bits per heavy atom. The molecule has 0 spiro atoms. The van der Waals surface area contributed by atoms with Gasteiger partial charge in [0.2, 0.25) is 0 Å². The molecule has 126 valence electrons. The standard InChI is InChI=1S/C19H20BrNO3/c1-3-24-19(23)16-11(2)21-14-5-4-6-15(22)18(14)17(16)12-7-9-13(20)10-8-12/h7-10,16-17H,3-6H2,1-2H3/t16?,17-/m0/s1. The molecule has 2 atom stereocenters. The third-order valence-corrected chi connectivity index (χ3v) is 5.13. The summed E-state index contributed by atoms with van der Waals surface area (Å²) in [7, 11) is 0. The third-order valence-electron chi connectivity index (χ3n) is 4.60. The molecule has 3 rings (SSSR count). The number of benzene rings is 1. The summed E-state index contributed by atoms with van der Waals surface area (Å²) in [6.45, 7) is 3.96. The second-order valence-corrected chi connectivity index (χ2v) is 7.06. The lowest BCUT2D eigenvalue weighted by Crippen LogP contribution is -2.37. The van der Waals surface area contributed by atoms with Gasteiger partial charge in [0.1, 0.15) is 5.92 Å². The Morgan fingerprint density at radius 2 is 2.00 bits per heavy atom. The van der Waals surface area contributed by atoms with E-state index in [-0.39, 0.29) is 17.7 Å². The van der Waals surface area contributed by atoms with Crippen LogP contribution < -0.4 is 0 Å². The van der Waals surface area contributed by atoms with Crippen LogP contribution in [0.25, 0.3) is 0 Å². The van der Waals surface area contributed by atoms with E-state index in [4.69, 9.17) is 4.74 Å². The zero-order chi connectivity index (χ0) is 17.3. The van der Waals surface area contributed by atoms with Crippen molar-refractivity contribution in [3.8, 4) is 0 Å². The van der Waals surface area contributed by atoms with Gasteiger partial charge in [-0.1, -0.05) is 28.1 Å². The molecule has 2 aliphatic rings. The maximum absolute atomic E-state index is 12.6. The molecule has 0 N–H and O–H groups in total. The molecule has 1 aliphatic carbocycles. The Balaban J connectivity index is 2.13. The van der Waals surface area contributed by atoms with Crippen molar-refractivity contribution in [2.75, 3.05) is 6.61 Å². The molecule has 1 aliphatic heterocycles. The van der Waals surface area contributed by atoms with Crippen LogP contribution in [0, 0.1) is 5.92 Å². The summed E-state index contributed by atoms with van der Waals surface area (Å²) in [5, 5.41) is 0. The minimum atomic E-state index is -0.535. The molecular weight excluding hydrogens is 370 g/mol. The molecule has 1 unspecified atom stereocenters. The van der Waals surface area contributed by atoms with E-state index in [0.717, 1.165) is 34.3 Å². The molecule has 0 aromatic heterocycles. The fourth-order valence-corrected chi connectivity index (χ4v) is 3.84. The summed E-state index contributed by atoms with van der Waals surface area (Å²) in [6.07, 6.45) is 2.14. The highest BCUT2D eigenvalue weighted by Crippen LogP contribution is 2.43. The third kappa shape index (κ3) is 3.09. The van der Waals surface area contributed by atoms with Gasteiger partial charge in [0.15, 0.2) is 5.78 Å². The number of ketones is 1. The van der Waals surface area contributed by atoms with Gasteiger partial charge in [0, 0.05) is 33.8 Å². The first kappa shape index (κ1) is 17.1. The average molecular weight is 390 g/mol. The number of ether oxygens (including phenoxy) is 1. The van der Waals surface area contributed by atoms with Crippen LogP contribution in [0.4, 0.5) is 0 Å². The molecule has 0 fully saturated rings. The number of halogens is 1. The Kier molecular flexibility index (Phi) is 4.99. The number of rotatable bonds is 3. The van der Waals surface area contributed by atoms with Gasteiger partial charge < -0.3 is 4.74 Å². The molecule has 24 heavy (non-hydrogen) atoms. The van der Waals surface area contributed by atoms with Crippen molar-refractivity contribution < 1.29 is 14.3 Å². The molecule has 0 bridgehead atoms. The fourth-order valence-electron chi connectivity index (χ4n) is 3.57. The second kappa shape index (κ2) is 7.01. The van der Waals surface area contributed by atoms with E-state index in [2.05, 4.69) is 20.9 Å². The van der Waals surface area contributed by atoms with Crippen LogP contribution in [0.1, 0.15) is 44.6 Å². The smallest absolute Gasteiger partial charge is 0.315 e. The average Bonchev–Trinajstić information content (AvgIpc) is 2.55. The number of esters is 1. The monoisotopic (exact) mass is 389 g/mol. The summed E-state index contributed by atoms with van der Waals surface area (Å²) in [4.78, 5) is 29.8. The van der Waals surface area contributed by atoms with Gasteiger partial charge in [0.05, 0.1) is 6.61 Å². The maximum atomic E-state index is 12.6. The number of hydrogen-bond donors (Lipinski definition) is 0. The molecule has 4 nitrogen and oxygen atoms in total. The first-order chi connectivity index (χ1) is 11.5. The number of allylic oxidation sites excluding steroid dienone is 2. The molecule has 5 heteroatoms. The number of carbonyl (C=O) groups is 2. The molecule has 1 aromatic carbocycles. The number of Topliss-reactive ketones (excluding diaryl/α,β-unsaturated/α-hetero) is 1. The zero-order valence-corrected chi connectivity index (χ0v) is 15.4. The minimum absolute atomic E-state index is 0.106. The van der Waals surface area contributed by atoms with Gasteiger partial charge in [-0.15, -0.1) is 0 Å². The van der Waals surface area contributed by atoms with Crippen molar-refractivity contribution >= 4 is 33.4 Å². The van der Waals surface area contributed by atoms with E-state index < -0.39 is 5.92 Å². The van der Waals surface area contributed by atoms with Crippen LogP contribution in [0.2, 0.25) is 0 Å². The first-order valence-corrected chi connectivity index (χ1v) is 9.05. The van der Waals surface area contributed by atoms with Crippen molar-refractivity contribution in [2.45, 2.75) is 39.0 Å². The maximum Gasteiger partial charge on any atom is 0.315 e. The van der Waals surface area contributed by atoms with Crippen LogP contribution in [-0.2, 0) is 14.3 Å². The Hall–Kier alpha value is -1.75. The highest BCUT2D eigenvalue weighted by Gasteiger charge is 2.42. The Morgan fingerprint density at radius 3 is 2.67 bits per heavy atom. The van der Waals surface area contributed by atoms with Gasteiger partial charge in [0.25, 0.3) is 0 Å². The normalized spacial score (nSPS) is 23.6. The lowest BCUT2D eigenvalue weighted by molar-refractivity contribution is -0.146. The number of carbonyl (C=O) groups excluding carboxylic acids is 2. The van der Waals surface area contributed by atoms with Crippen LogP contribution in [0.5, 0.6) is 0 Å². The minimum Gasteiger partial charge on any atom is -0.465 e. The van der Waals surface area contributed by atoms with E-state index >= 15 is 0 Å². The molecule has 0 saturated heterocycles. The zero-order valence-electron chi connectivity index (χ0n) is 13.8. The predicted molar refractivity (Wildman–Crippen MR) is 96.0 cm³/mol. The number of nitrogens with zero attached hydrogens (tertiary/aromatic N) is 1. The van der Waals surface area contributed by atoms with E-state index in [0.29, 0.717) is 18.6 Å². The summed E-state index contributed by atoms with van der Waals surface area (Å²) in [5.41, 5.74) is 3.23. The van der Waals surface area contributed by atoms with Crippen molar-refractivity contribution in [1.29, 1.82) is 0 Å². The Bertz CT molecular complexity index is 733. The predicted octanol–water partition coefficient (Wildman–Crippen LogP) is 4.19. The number of aliphatic imine (C=N–C) groups is 1. The van der Waals surface area contributed by atoms with E-state index in [1.165, 1.54) is 0 Å².